The van der Waals surface area contributed by atoms with E-state index in [9.17, 15) is 18.4 Å². The summed E-state index contributed by atoms with van der Waals surface area (Å²) in [6, 6.07) is 4.50. The average molecular weight is 374 g/mol. The van der Waals surface area contributed by atoms with Crippen molar-refractivity contribution < 1.29 is 18.4 Å². The number of halogens is 2. The Balaban J connectivity index is 1.58. The third-order valence-corrected chi connectivity index (χ3v) is 5.28. The molecule has 1 saturated carbocycles. The normalized spacial score (nSPS) is 22.1. The van der Waals surface area contributed by atoms with E-state index in [1.165, 1.54) is 4.90 Å². The van der Waals surface area contributed by atoms with Crippen molar-refractivity contribution in [2.45, 2.75) is 24.8 Å². The predicted octanol–water partition coefficient (Wildman–Crippen LogP) is 1.83. The molecule has 4 rings (SSSR count). The van der Waals surface area contributed by atoms with Crippen LogP contribution < -0.4 is 5.32 Å². The van der Waals surface area contributed by atoms with Gasteiger partial charge in [-0.15, -0.1) is 0 Å². The van der Waals surface area contributed by atoms with E-state index < -0.39 is 17.5 Å². The summed E-state index contributed by atoms with van der Waals surface area (Å²) in [6.07, 6.45) is 3.44. The van der Waals surface area contributed by atoms with E-state index >= 15 is 0 Å². The van der Waals surface area contributed by atoms with E-state index in [1.807, 2.05) is 6.07 Å². The lowest BCUT2D eigenvalue weighted by molar-refractivity contribution is -0.123. The fraction of sp³-hybridized carbons (Fsp3) is 0.421. The van der Waals surface area contributed by atoms with Crippen molar-refractivity contribution >= 4 is 11.8 Å². The Hall–Kier alpha value is -2.77. The standard InChI is InChI=1S/C19H20F2N4O2/c1-24-17(6-7-22-24)14-9-25(10-16(14)23-18(26)11-2-3-11)19(27)13-5-4-12(20)8-15(13)21/h4-8,11,14,16H,2-3,9-10H2,1H3,(H,23,26)/t14-,16-/m1/s1. The molecule has 2 amide bonds. The van der Waals surface area contributed by atoms with Gasteiger partial charge in [0.1, 0.15) is 11.6 Å². The molecule has 0 spiro atoms. The van der Waals surface area contributed by atoms with Crippen LogP contribution in [0.2, 0.25) is 0 Å². The number of likely N-dealkylation sites (tertiary alicyclic amines) is 1. The maximum Gasteiger partial charge on any atom is 0.256 e. The summed E-state index contributed by atoms with van der Waals surface area (Å²) in [5, 5.41) is 7.21. The smallest absolute Gasteiger partial charge is 0.256 e. The fourth-order valence-electron chi connectivity index (χ4n) is 3.64. The molecule has 0 bridgehead atoms. The van der Waals surface area contributed by atoms with E-state index in [0.717, 1.165) is 30.7 Å². The lowest BCUT2D eigenvalue weighted by Gasteiger charge is -2.19. The van der Waals surface area contributed by atoms with Gasteiger partial charge < -0.3 is 10.2 Å². The lowest BCUT2D eigenvalue weighted by atomic mass is 9.99. The number of carbonyl (C=O) groups excluding carboxylic acids is 2. The Morgan fingerprint density at radius 2 is 1.96 bits per heavy atom. The first-order chi connectivity index (χ1) is 12.9. The molecular weight excluding hydrogens is 354 g/mol. The Morgan fingerprint density at radius 3 is 2.59 bits per heavy atom. The van der Waals surface area contributed by atoms with Gasteiger partial charge in [0.05, 0.1) is 11.6 Å². The second-order valence-corrected chi connectivity index (χ2v) is 7.21. The highest BCUT2D eigenvalue weighted by Gasteiger charge is 2.41. The van der Waals surface area contributed by atoms with Crippen molar-refractivity contribution in [2.24, 2.45) is 13.0 Å². The zero-order valence-electron chi connectivity index (χ0n) is 14.9. The second-order valence-electron chi connectivity index (χ2n) is 7.21. The number of aromatic nitrogens is 2. The highest BCUT2D eigenvalue weighted by molar-refractivity contribution is 5.95. The first kappa shape index (κ1) is 17.6. The van der Waals surface area contributed by atoms with E-state index in [2.05, 4.69) is 10.4 Å². The van der Waals surface area contributed by atoms with Gasteiger partial charge in [-0.05, 0) is 31.0 Å². The van der Waals surface area contributed by atoms with Gasteiger partial charge in [-0.1, -0.05) is 0 Å². The van der Waals surface area contributed by atoms with Gasteiger partial charge in [0.15, 0.2) is 0 Å². The van der Waals surface area contributed by atoms with Gasteiger partial charge in [-0.3, -0.25) is 14.3 Å². The summed E-state index contributed by atoms with van der Waals surface area (Å²) in [5.41, 5.74) is 0.723. The highest BCUT2D eigenvalue weighted by atomic mass is 19.1. The van der Waals surface area contributed by atoms with Crippen LogP contribution >= 0.6 is 0 Å². The van der Waals surface area contributed by atoms with Crippen molar-refractivity contribution in [3.8, 4) is 0 Å². The number of hydrogen-bond acceptors (Lipinski definition) is 3. The van der Waals surface area contributed by atoms with Gasteiger partial charge >= 0.3 is 0 Å². The number of nitrogens with one attached hydrogen (secondary N) is 1. The molecule has 1 aromatic carbocycles. The van der Waals surface area contributed by atoms with Crippen molar-refractivity contribution in [1.82, 2.24) is 20.0 Å². The summed E-state index contributed by atoms with van der Waals surface area (Å²) < 4.78 is 28.9. The minimum atomic E-state index is -0.887. The molecule has 142 valence electrons. The first-order valence-corrected chi connectivity index (χ1v) is 8.96. The van der Waals surface area contributed by atoms with Crippen LogP contribution in [0, 0.1) is 17.6 Å². The van der Waals surface area contributed by atoms with Crippen LogP contribution in [0.15, 0.2) is 30.5 Å². The molecule has 2 atom stereocenters. The average Bonchev–Trinajstić information content (AvgIpc) is 3.28. The van der Waals surface area contributed by atoms with E-state index in [-0.39, 0.29) is 35.9 Å². The SMILES string of the molecule is Cn1nccc1[C@@H]1CN(C(=O)c2ccc(F)cc2F)C[C@H]1NC(=O)C1CC1. The molecule has 8 heteroatoms. The minimum absolute atomic E-state index is 0.00516. The van der Waals surface area contributed by atoms with Gasteiger partial charge in [-0.25, -0.2) is 8.78 Å². The topological polar surface area (TPSA) is 67.2 Å². The lowest BCUT2D eigenvalue weighted by Crippen LogP contribution is -2.41. The molecule has 2 heterocycles. The van der Waals surface area contributed by atoms with Crippen molar-refractivity contribution in [1.29, 1.82) is 0 Å². The third-order valence-electron chi connectivity index (χ3n) is 5.28. The molecule has 27 heavy (non-hydrogen) atoms. The zero-order valence-corrected chi connectivity index (χ0v) is 14.9. The molecule has 6 nitrogen and oxygen atoms in total. The van der Waals surface area contributed by atoms with E-state index in [4.69, 9.17) is 0 Å². The van der Waals surface area contributed by atoms with Gasteiger partial charge in [0.25, 0.3) is 5.91 Å². The summed E-state index contributed by atoms with van der Waals surface area (Å²) in [5.74, 6) is -2.23. The van der Waals surface area contributed by atoms with Crippen LogP contribution in [0.25, 0.3) is 0 Å². The van der Waals surface area contributed by atoms with E-state index in [0.29, 0.717) is 12.6 Å². The Bertz CT molecular complexity index is 894. The van der Waals surface area contributed by atoms with Crippen LogP contribution in [0.5, 0.6) is 0 Å². The molecule has 0 radical (unpaired) electrons. The molecule has 2 fully saturated rings. The number of amides is 2. The maximum atomic E-state index is 14.0. The second kappa shape index (κ2) is 6.75. The van der Waals surface area contributed by atoms with Crippen LogP contribution in [-0.2, 0) is 11.8 Å². The summed E-state index contributed by atoms with van der Waals surface area (Å²) in [6.45, 7) is 0.592. The predicted molar refractivity (Wildman–Crippen MR) is 92.9 cm³/mol. The molecular formula is C19H20F2N4O2. The highest BCUT2D eigenvalue weighted by Crippen LogP contribution is 2.32. The monoisotopic (exact) mass is 374 g/mol. The van der Waals surface area contributed by atoms with Gasteiger partial charge in [0.2, 0.25) is 5.91 Å². The Labute approximate surface area is 155 Å². The molecule has 1 aromatic heterocycles. The number of rotatable bonds is 4. The maximum absolute atomic E-state index is 14.0. The number of benzene rings is 1. The largest absolute Gasteiger partial charge is 0.351 e. The Morgan fingerprint density at radius 1 is 1.19 bits per heavy atom. The number of nitrogens with zero attached hydrogens (tertiary/aromatic N) is 3. The summed E-state index contributed by atoms with van der Waals surface area (Å²) in [7, 11) is 1.80. The molecule has 1 aliphatic heterocycles. The summed E-state index contributed by atoms with van der Waals surface area (Å²) in [4.78, 5) is 26.6. The van der Waals surface area contributed by atoms with Gasteiger partial charge in [-0.2, -0.15) is 5.10 Å². The van der Waals surface area contributed by atoms with Crippen molar-refractivity contribution in [3.05, 3.63) is 53.4 Å². The van der Waals surface area contributed by atoms with Gasteiger partial charge in [0, 0.05) is 49.9 Å². The van der Waals surface area contributed by atoms with Crippen LogP contribution in [0.4, 0.5) is 8.78 Å². The third kappa shape index (κ3) is 3.43. The number of carbonyl (C=O) groups is 2. The zero-order chi connectivity index (χ0) is 19.1. The van der Waals surface area contributed by atoms with Crippen molar-refractivity contribution in [3.63, 3.8) is 0 Å². The first-order valence-electron chi connectivity index (χ1n) is 8.96. The molecule has 1 aliphatic carbocycles. The van der Waals surface area contributed by atoms with Crippen LogP contribution in [0.3, 0.4) is 0 Å². The number of hydrogen-bond donors (Lipinski definition) is 1. The molecule has 2 aliphatic rings. The quantitative estimate of drug-likeness (QED) is 0.888. The molecule has 1 N–H and O–H groups in total. The molecule has 0 unspecified atom stereocenters. The number of aryl methyl sites for hydroxylation is 1. The molecule has 1 saturated heterocycles. The Kier molecular flexibility index (Phi) is 4.41. The van der Waals surface area contributed by atoms with E-state index in [1.54, 1.807) is 17.9 Å². The molecule has 2 aromatic rings. The minimum Gasteiger partial charge on any atom is -0.351 e. The summed E-state index contributed by atoms with van der Waals surface area (Å²) >= 11 is 0. The van der Waals surface area contributed by atoms with Crippen LogP contribution in [-0.4, -0.2) is 45.6 Å². The van der Waals surface area contributed by atoms with Crippen LogP contribution in [0.1, 0.15) is 34.8 Å². The fourth-order valence-corrected chi connectivity index (χ4v) is 3.64. The van der Waals surface area contributed by atoms with Crippen molar-refractivity contribution in [2.75, 3.05) is 13.1 Å².